The van der Waals surface area contributed by atoms with E-state index < -0.39 is 85.3 Å². The molecule has 304 valence electrons. The van der Waals surface area contributed by atoms with Gasteiger partial charge in [-0.1, -0.05) is 53.2 Å². The van der Waals surface area contributed by atoms with Gasteiger partial charge in [0.25, 0.3) is 0 Å². The monoisotopic (exact) mass is 764 g/mol. The number of aliphatic hydroxyl groups is 6. The molecule has 6 rings (SSSR count). The Morgan fingerprint density at radius 3 is 2.31 bits per heavy atom. The van der Waals surface area contributed by atoms with Crippen LogP contribution in [-0.2, 0) is 33.3 Å². The summed E-state index contributed by atoms with van der Waals surface area (Å²) in [6.45, 7) is 12.0. The van der Waals surface area contributed by atoms with Crippen LogP contribution in [-0.4, -0.2) is 121 Å². The lowest BCUT2D eigenvalue weighted by Crippen LogP contribution is -2.64. The van der Waals surface area contributed by atoms with Gasteiger partial charge in [0.15, 0.2) is 24.4 Å². The van der Waals surface area contributed by atoms with Gasteiger partial charge in [-0.2, -0.15) is 0 Å². The molecule has 0 aromatic carbocycles. The van der Waals surface area contributed by atoms with E-state index in [1.165, 1.54) is 0 Å². The first-order valence-electron chi connectivity index (χ1n) is 19.8. The summed E-state index contributed by atoms with van der Waals surface area (Å²) in [4.78, 5) is 39.4. The lowest BCUT2D eigenvalue weighted by Gasteiger charge is -2.57. The van der Waals surface area contributed by atoms with E-state index >= 15 is 0 Å². The maximum absolute atomic E-state index is 14.0. The molecular formula is C40H60O14. The number of allylic oxidation sites excluding steroid dienone is 4. The summed E-state index contributed by atoms with van der Waals surface area (Å²) >= 11 is 0. The largest absolute Gasteiger partial charge is 0.504 e. The topological polar surface area (TPSA) is 230 Å². The van der Waals surface area contributed by atoms with Crippen molar-refractivity contribution >= 4 is 17.5 Å². The van der Waals surface area contributed by atoms with Crippen molar-refractivity contribution in [3.8, 4) is 0 Å². The van der Waals surface area contributed by atoms with Crippen LogP contribution in [0.1, 0.15) is 92.9 Å². The summed E-state index contributed by atoms with van der Waals surface area (Å²) in [6, 6.07) is 0. The smallest absolute Gasteiger partial charge is 0.335 e. The third kappa shape index (κ3) is 7.02. The molecule has 2 aliphatic heterocycles. The van der Waals surface area contributed by atoms with E-state index in [9.17, 15) is 50.1 Å². The van der Waals surface area contributed by atoms with Gasteiger partial charge in [-0.15, -0.1) is 0 Å². The van der Waals surface area contributed by atoms with Gasteiger partial charge in [0.05, 0.1) is 18.6 Å². The van der Waals surface area contributed by atoms with Gasteiger partial charge >= 0.3 is 5.97 Å². The maximum Gasteiger partial charge on any atom is 0.335 e. The number of ketones is 2. The molecule has 0 aromatic rings. The van der Waals surface area contributed by atoms with Crippen molar-refractivity contribution in [2.75, 3.05) is 6.61 Å². The molecule has 0 aromatic heterocycles. The minimum Gasteiger partial charge on any atom is -0.504 e. The van der Waals surface area contributed by atoms with Crippen LogP contribution in [0.2, 0.25) is 0 Å². The number of fused-ring (bicyclic) bond motifs is 5. The normalized spacial score (nSPS) is 44.9. The van der Waals surface area contributed by atoms with Crippen molar-refractivity contribution in [1.82, 2.24) is 0 Å². The highest BCUT2D eigenvalue weighted by molar-refractivity contribution is 6.02. The lowest BCUT2D eigenvalue weighted by molar-refractivity contribution is -0.350. The van der Waals surface area contributed by atoms with Crippen LogP contribution in [0.4, 0.5) is 0 Å². The summed E-state index contributed by atoms with van der Waals surface area (Å²) < 4.78 is 22.7. The summed E-state index contributed by atoms with van der Waals surface area (Å²) in [6.07, 6.45) is -8.17. The number of carbonyl (C=O) groups is 3. The fourth-order valence-electron chi connectivity index (χ4n) is 11.2. The number of carboxylic acids is 1. The highest BCUT2D eigenvalue weighted by Crippen LogP contribution is 2.65. The standard InChI is InChI=1S/C40H60O14/c1-7-21(17(2)3)24(41)14-18(4)26-29(44)30(45)27-22-9-8-19-15-20(10-12-39(19,5)23(22)11-13-40(26,27)6)52-38-33(48)34(32(47)35(54-38)36(49)50)53-37-31(46)28(43)25(42)16-51-37/h9,17-21,23,25,27-28,31-35,37-38,42-44,46-48H,7-8,10-16H2,1-6H3,(H,49,50)/t18-,19+,20+,21-,23+,25-,27+,28+,31-,32+,33-,34+,35+,37+,38-,39+,40-/m1/s1. The number of rotatable bonds is 11. The first kappa shape index (κ1) is 41.4. The molecule has 0 bridgehead atoms. The number of carbonyl (C=O) groups excluding carboxylic acids is 2. The van der Waals surface area contributed by atoms with Gasteiger partial charge in [0.2, 0.25) is 5.78 Å². The number of hydrogen-bond acceptors (Lipinski definition) is 13. The van der Waals surface area contributed by atoms with E-state index in [0.717, 1.165) is 18.4 Å². The zero-order valence-corrected chi connectivity index (χ0v) is 32.2. The van der Waals surface area contributed by atoms with E-state index in [-0.39, 0.29) is 58.8 Å². The summed E-state index contributed by atoms with van der Waals surface area (Å²) in [7, 11) is 0. The molecule has 0 amide bonds. The SMILES string of the molecule is CC[C@@H](C(=O)C[C@@H](C)C1=C(O)C(=O)[C@@H]2C3=CC[C@H]4C[C@@H](O[C@@H]5O[C@H](C(=O)O)[C@@H](O)[C@H](O[C@@H]6OC[C@@H](O)[C@H](O)[C@H]6O)[C@H]5O)CC[C@]4(C)[C@H]3CC[C@]12C)C(C)C. The Balaban J connectivity index is 1.15. The second-order valence-corrected chi connectivity index (χ2v) is 17.7. The van der Waals surface area contributed by atoms with Crippen LogP contribution >= 0.6 is 0 Å². The van der Waals surface area contributed by atoms with Crippen molar-refractivity contribution in [2.24, 2.45) is 46.3 Å². The minimum absolute atomic E-state index is 0.0624. The van der Waals surface area contributed by atoms with E-state index in [0.29, 0.717) is 37.7 Å². The number of Topliss-reactive ketones (excluding diaryl/α,β-unsaturated/α-hetero) is 2. The highest BCUT2D eigenvalue weighted by atomic mass is 16.7. The lowest BCUT2D eigenvalue weighted by atomic mass is 9.47. The molecule has 17 atom stereocenters. The Morgan fingerprint density at radius 2 is 1.67 bits per heavy atom. The molecule has 7 N–H and O–H groups in total. The van der Waals surface area contributed by atoms with Gasteiger partial charge in [-0.3, -0.25) is 9.59 Å². The first-order chi connectivity index (χ1) is 25.3. The van der Waals surface area contributed by atoms with Crippen LogP contribution < -0.4 is 0 Å². The van der Waals surface area contributed by atoms with Crippen molar-refractivity contribution in [3.63, 3.8) is 0 Å². The molecule has 0 unspecified atom stereocenters. The average molecular weight is 765 g/mol. The van der Waals surface area contributed by atoms with Crippen LogP contribution in [0, 0.1) is 46.3 Å². The Labute approximate surface area is 316 Å². The van der Waals surface area contributed by atoms with E-state index in [1.807, 2.05) is 27.7 Å². The zero-order chi connectivity index (χ0) is 39.6. The fraction of sp³-hybridized carbons (Fsp3) is 0.825. The average Bonchev–Trinajstić information content (AvgIpc) is 3.31. The second-order valence-electron chi connectivity index (χ2n) is 17.7. The molecule has 0 spiro atoms. The summed E-state index contributed by atoms with van der Waals surface area (Å²) in [5.41, 5.74) is 0.995. The number of carboxylic acid groups (broad SMARTS) is 1. The fourth-order valence-corrected chi connectivity index (χ4v) is 11.2. The quantitative estimate of drug-likeness (QED) is 0.150. The van der Waals surface area contributed by atoms with Crippen molar-refractivity contribution < 1.29 is 69.1 Å². The highest BCUT2D eigenvalue weighted by Gasteiger charge is 2.61. The molecule has 2 saturated carbocycles. The second kappa shape index (κ2) is 15.6. The van der Waals surface area contributed by atoms with Crippen LogP contribution in [0.3, 0.4) is 0 Å². The summed E-state index contributed by atoms with van der Waals surface area (Å²) in [5.74, 6) is -2.17. The first-order valence-corrected chi connectivity index (χ1v) is 19.8. The number of aliphatic carboxylic acids is 1. The number of ether oxygens (including phenoxy) is 4. The predicted octanol–water partition coefficient (Wildman–Crippen LogP) is 2.57. The molecule has 2 heterocycles. The molecule has 54 heavy (non-hydrogen) atoms. The summed E-state index contributed by atoms with van der Waals surface area (Å²) in [5, 5.41) is 73.6. The molecule has 14 nitrogen and oxygen atoms in total. The Bertz CT molecular complexity index is 1510. The minimum atomic E-state index is -1.88. The van der Waals surface area contributed by atoms with Crippen molar-refractivity contribution in [2.45, 2.75) is 154 Å². The van der Waals surface area contributed by atoms with Gasteiger partial charge in [-0.25, -0.2) is 4.79 Å². The predicted molar refractivity (Wildman–Crippen MR) is 190 cm³/mol. The van der Waals surface area contributed by atoms with Gasteiger partial charge in [0.1, 0.15) is 42.4 Å². The number of hydrogen-bond donors (Lipinski definition) is 7. The van der Waals surface area contributed by atoms with E-state index in [4.69, 9.17) is 18.9 Å². The molecule has 2 saturated heterocycles. The number of aliphatic hydroxyl groups excluding tert-OH is 6. The van der Waals surface area contributed by atoms with Crippen LogP contribution in [0.15, 0.2) is 23.0 Å². The molecule has 6 aliphatic rings. The van der Waals surface area contributed by atoms with Crippen LogP contribution in [0.5, 0.6) is 0 Å². The van der Waals surface area contributed by atoms with Crippen LogP contribution in [0.25, 0.3) is 0 Å². The molecule has 4 fully saturated rings. The third-order valence-electron chi connectivity index (χ3n) is 14.1. The zero-order valence-electron chi connectivity index (χ0n) is 32.2. The molecule has 0 radical (unpaired) electrons. The Hall–Kier alpha value is -2.27. The van der Waals surface area contributed by atoms with Gasteiger partial charge < -0.3 is 54.7 Å². The Kier molecular flexibility index (Phi) is 11.9. The van der Waals surface area contributed by atoms with Crippen molar-refractivity contribution in [1.29, 1.82) is 0 Å². The Morgan fingerprint density at radius 1 is 0.963 bits per heavy atom. The van der Waals surface area contributed by atoms with Gasteiger partial charge in [-0.05, 0) is 79.6 Å². The van der Waals surface area contributed by atoms with E-state index in [1.54, 1.807) is 0 Å². The molecule has 4 aliphatic carbocycles. The maximum atomic E-state index is 14.0. The molecule has 14 heteroatoms. The van der Waals surface area contributed by atoms with E-state index in [2.05, 4.69) is 19.9 Å². The third-order valence-corrected chi connectivity index (χ3v) is 14.1. The molecular weight excluding hydrogens is 704 g/mol. The van der Waals surface area contributed by atoms with Gasteiger partial charge in [0, 0.05) is 17.8 Å². The van der Waals surface area contributed by atoms with Crippen molar-refractivity contribution in [3.05, 3.63) is 23.0 Å².